The van der Waals surface area contributed by atoms with Crippen LogP contribution in [-0.2, 0) is 31.3 Å². The average Bonchev–Trinajstić information content (AvgIpc) is 3.05. The smallest absolute Gasteiger partial charge is 0.257 e. The fourth-order valence-corrected chi connectivity index (χ4v) is 3.31. The molecule has 0 aliphatic rings. The van der Waals surface area contributed by atoms with Crippen LogP contribution in [0.25, 0.3) is 0 Å². The molecule has 0 saturated carbocycles. The molecule has 16 heteroatoms. The molecule has 0 aromatic carbocycles. The summed E-state index contributed by atoms with van der Waals surface area (Å²) in [5, 5.41) is 28.2. The average molecular weight is 687 g/mol. The number of methoxy groups -OCH3 is 3. The largest absolute Gasteiger partial charge is 0.505 e. The topological polar surface area (TPSA) is 188 Å². The van der Waals surface area contributed by atoms with Crippen LogP contribution < -0.4 is 0 Å². The van der Waals surface area contributed by atoms with Crippen molar-refractivity contribution in [3.05, 3.63) is 72.1 Å². The number of hydrogen-bond donors (Lipinski definition) is 3. The number of nitrogens with zero attached hydrogens (tertiary/aromatic N) is 6. The van der Waals surface area contributed by atoms with Crippen LogP contribution in [0.5, 0.6) is 17.2 Å². The maximum absolute atomic E-state index is 11.8. The predicted octanol–water partition coefficient (Wildman–Crippen LogP) is 1.51. The molecule has 3 aromatic heterocycles. The van der Waals surface area contributed by atoms with Gasteiger partial charge in [0.05, 0.1) is 55.1 Å². The van der Waals surface area contributed by atoms with Crippen LogP contribution in [0, 0.1) is 0 Å². The Balaban J connectivity index is 0.000000653. The summed E-state index contributed by atoms with van der Waals surface area (Å²) in [6, 6.07) is 4.46. The maximum Gasteiger partial charge on any atom is 0.257 e. The molecule has 15 nitrogen and oxygen atoms in total. The van der Waals surface area contributed by atoms with Gasteiger partial charge in [-0.15, -0.1) is 0 Å². The molecule has 3 heterocycles. The van der Waals surface area contributed by atoms with E-state index in [1.54, 1.807) is 42.5 Å². The summed E-state index contributed by atoms with van der Waals surface area (Å²) in [4.78, 5) is 50.8. The standard InChI is InChI=1S/3C10H14N2O3.Fe/c3*1-12(5-6-15-2)10(14)8-3-4-11-7-9(8)13;/h3*3-4,7,13H,5-6H2,1-2H3;. The molecule has 254 valence electrons. The van der Waals surface area contributed by atoms with Gasteiger partial charge in [0.25, 0.3) is 17.7 Å². The van der Waals surface area contributed by atoms with E-state index in [-0.39, 0.29) is 68.7 Å². The molecule has 0 spiro atoms. The van der Waals surface area contributed by atoms with Crippen LogP contribution in [0.15, 0.2) is 55.4 Å². The summed E-state index contributed by atoms with van der Waals surface area (Å²) < 4.78 is 14.6. The van der Waals surface area contributed by atoms with E-state index in [9.17, 15) is 29.7 Å². The first-order chi connectivity index (χ1) is 21.5. The van der Waals surface area contributed by atoms with Crippen molar-refractivity contribution in [3.63, 3.8) is 0 Å². The number of pyridine rings is 3. The quantitative estimate of drug-likeness (QED) is 0.234. The summed E-state index contributed by atoms with van der Waals surface area (Å²) >= 11 is 0. The molecule has 3 N–H and O–H groups in total. The van der Waals surface area contributed by atoms with E-state index in [0.717, 1.165) is 0 Å². The monoisotopic (exact) mass is 686 g/mol. The number of rotatable bonds is 12. The molecule has 3 aromatic rings. The number of likely N-dealkylation sites (N-methyl/N-ethyl adjacent to an activating group) is 3. The van der Waals surface area contributed by atoms with E-state index in [2.05, 4.69) is 15.0 Å². The van der Waals surface area contributed by atoms with Crippen molar-refractivity contribution in [1.29, 1.82) is 0 Å². The van der Waals surface area contributed by atoms with Gasteiger partial charge in [-0.1, -0.05) is 0 Å². The van der Waals surface area contributed by atoms with Gasteiger partial charge in [0.2, 0.25) is 0 Å². The number of aromatic nitrogens is 3. The Kier molecular flexibility index (Phi) is 20.9. The third kappa shape index (κ3) is 14.2. The molecule has 3 amide bonds. The zero-order chi connectivity index (χ0) is 33.8. The zero-order valence-corrected chi connectivity index (χ0v) is 27.9. The summed E-state index contributed by atoms with van der Waals surface area (Å²) in [7, 11) is 9.68. The predicted molar refractivity (Wildman–Crippen MR) is 164 cm³/mol. The third-order valence-corrected chi connectivity index (χ3v) is 6.02. The van der Waals surface area contributed by atoms with Gasteiger partial charge in [0.1, 0.15) is 17.2 Å². The summed E-state index contributed by atoms with van der Waals surface area (Å²) in [6.45, 7) is 2.85. The minimum atomic E-state index is -0.244. The molecule has 3 rings (SSSR count). The van der Waals surface area contributed by atoms with E-state index in [0.29, 0.717) is 39.5 Å². The van der Waals surface area contributed by atoms with Crippen LogP contribution in [0.4, 0.5) is 0 Å². The molecule has 0 radical (unpaired) electrons. The molecule has 46 heavy (non-hydrogen) atoms. The first-order valence-electron chi connectivity index (χ1n) is 13.6. The second kappa shape index (κ2) is 23.1. The second-order valence-electron chi connectivity index (χ2n) is 9.34. The number of carbonyl (C=O) groups is 3. The minimum absolute atomic E-state index is 0. The van der Waals surface area contributed by atoms with Crippen LogP contribution in [-0.4, -0.2) is 145 Å². The van der Waals surface area contributed by atoms with Crippen LogP contribution in [0.3, 0.4) is 0 Å². The van der Waals surface area contributed by atoms with Crippen molar-refractivity contribution < 1.29 is 61.0 Å². The molecule has 0 unspecified atom stereocenters. The van der Waals surface area contributed by atoms with E-state index in [1.165, 1.54) is 70.1 Å². The van der Waals surface area contributed by atoms with Gasteiger partial charge in [-0.2, -0.15) is 0 Å². The minimum Gasteiger partial charge on any atom is -0.505 e. The molecule has 0 aliphatic heterocycles. The first kappa shape index (κ1) is 41.7. The number of hydrogen-bond acceptors (Lipinski definition) is 12. The van der Waals surface area contributed by atoms with E-state index in [1.807, 2.05) is 0 Å². The molecule has 0 atom stereocenters. The zero-order valence-electron chi connectivity index (χ0n) is 26.8. The molecule has 0 saturated heterocycles. The Morgan fingerprint density at radius 2 is 0.804 bits per heavy atom. The number of carbonyl (C=O) groups excluding carboxylic acids is 3. The van der Waals surface area contributed by atoms with Gasteiger partial charge in [0, 0.05) is 97.8 Å². The van der Waals surface area contributed by atoms with Crippen molar-refractivity contribution in [2.24, 2.45) is 0 Å². The van der Waals surface area contributed by atoms with Gasteiger partial charge in [-0.25, -0.2) is 0 Å². The number of ether oxygens (including phenoxy) is 3. The van der Waals surface area contributed by atoms with E-state index >= 15 is 0 Å². The maximum atomic E-state index is 11.8. The molecule has 0 fully saturated rings. The summed E-state index contributed by atoms with van der Waals surface area (Å²) in [6.07, 6.45) is 8.15. The van der Waals surface area contributed by atoms with Crippen molar-refractivity contribution >= 4 is 17.7 Å². The van der Waals surface area contributed by atoms with Gasteiger partial charge < -0.3 is 44.2 Å². The number of amides is 3. The second-order valence-corrected chi connectivity index (χ2v) is 9.34. The first-order valence-corrected chi connectivity index (χ1v) is 13.6. The van der Waals surface area contributed by atoms with Crippen LogP contribution in [0.1, 0.15) is 31.1 Å². The van der Waals surface area contributed by atoms with Crippen molar-refractivity contribution in [2.45, 2.75) is 0 Å². The molecular formula is C30H42FeN6O9. The molecular weight excluding hydrogens is 644 g/mol. The normalized spacial score (nSPS) is 9.78. The van der Waals surface area contributed by atoms with Crippen LogP contribution in [0.2, 0.25) is 0 Å². The SMILES string of the molecule is COCCN(C)C(=O)c1ccncc1O.COCCN(C)C(=O)c1ccncc1O.COCCN(C)C(=O)c1ccncc1O.[Fe]. The Bertz CT molecular complexity index is 1190. The molecule has 0 aliphatic carbocycles. The van der Waals surface area contributed by atoms with Crippen molar-refractivity contribution in [1.82, 2.24) is 29.7 Å². The van der Waals surface area contributed by atoms with Gasteiger partial charge in [-0.3, -0.25) is 29.3 Å². The fraction of sp³-hybridized carbons (Fsp3) is 0.400. The Morgan fingerprint density at radius 1 is 0.565 bits per heavy atom. The van der Waals surface area contributed by atoms with E-state index < -0.39 is 0 Å². The van der Waals surface area contributed by atoms with E-state index in [4.69, 9.17) is 14.2 Å². The third-order valence-electron chi connectivity index (χ3n) is 6.02. The Hall–Kier alpha value is -4.34. The summed E-state index contributed by atoms with van der Waals surface area (Å²) in [5.74, 6) is -1.05. The van der Waals surface area contributed by atoms with Crippen LogP contribution >= 0.6 is 0 Å². The van der Waals surface area contributed by atoms with Gasteiger partial charge >= 0.3 is 0 Å². The Morgan fingerprint density at radius 3 is 1.00 bits per heavy atom. The van der Waals surface area contributed by atoms with Gasteiger partial charge in [0.15, 0.2) is 0 Å². The van der Waals surface area contributed by atoms with Gasteiger partial charge in [-0.05, 0) is 18.2 Å². The van der Waals surface area contributed by atoms with Crippen molar-refractivity contribution in [3.8, 4) is 17.2 Å². The fourth-order valence-electron chi connectivity index (χ4n) is 3.31. The Labute approximate surface area is 279 Å². The van der Waals surface area contributed by atoms with Crippen molar-refractivity contribution in [2.75, 3.05) is 81.9 Å². The summed E-state index contributed by atoms with van der Waals surface area (Å²) in [5.41, 5.74) is 0.760. The molecule has 0 bridgehead atoms. The number of aromatic hydroxyl groups is 3.